The summed E-state index contributed by atoms with van der Waals surface area (Å²) in [6, 6.07) is 17.5. The smallest absolute Gasteiger partial charge is 0.416 e. The predicted molar refractivity (Wildman–Crippen MR) is 119 cm³/mol. The third-order valence-corrected chi connectivity index (χ3v) is 6.03. The summed E-state index contributed by atoms with van der Waals surface area (Å²) in [5.41, 5.74) is -0.0380. The van der Waals surface area contributed by atoms with E-state index in [2.05, 4.69) is 0 Å². The zero-order valence-corrected chi connectivity index (χ0v) is 18.2. The fourth-order valence-electron chi connectivity index (χ4n) is 4.22. The molecule has 2 unspecified atom stereocenters. The van der Waals surface area contributed by atoms with Crippen LogP contribution in [0.1, 0.15) is 35.6 Å². The Morgan fingerprint density at radius 1 is 1.03 bits per heavy atom. The highest BCUT2D eigenvalue weighted by molar-refractivity contribution is 6.31. The highest BCUT2D eigenvalue weighted by Crippen LogP contribution is 2.41. The van der Waals surface area contributed by atoms with Crippen molar-refractivity contribution >= 4 is 17.6 Å². The van der Waals surface area contributed by atoms with Gasteiger partial charge in [-0.3, -0.25) is 9.69 Å². The first-order chi connectivity index (χ1) is 15.7. The van der Waals surface area contributed by atoms with Crippen molar-refractivity contribution in [1.82, 2.24) is 4.90 Å². The number of aliphatic carboxylic acids is 1. The van der Waals surface area contributed by atoms with Crippen molar-refractivity contribution in [1.29, 1.82) is 0 Å². The number of nitrogens with zero attached hydrogens (tertiary/aromatic N) is 1. The van der Waals surface area contributed by atoms with E-state index >= 15 is 0 Å². The number of carboxylic acids is 1. The Morgan fingerprint density at radius 3 is 2.45 bits per heavy atom. The maximum Gasteiger partial charge on any atom is 0.416 e. The fourth-order valence-corrected chi connectivity index (χ4v) is 4.44. The Hall–Kier alpha value is -3.03. The minimum absolute atomic E-state index is 0.137. The highest BCUT2D eigenvalue weighted by Gasteiger charge is 2.39. The molecule has 33 heavy (non-hydrogen) atoms. The normalized spacial score (nSPS) is 17.6. The number of para-hydroxylation sites is 1. The van der Waals surface area contributed by atoms with Gasteiger partial charge in [0, 0.05) is 11.6 Å². The number of carboxylic acid groups (broad SMARTS) is 1. The van der Waals surface area contributed by atoms with Gasteiger partial charge in [-0.15, -0.1) is 0 Å². The van der Waals surface area contributed by atoms with Crippen molar-refractivity contribution in [2.24, 2.45) is 0 Å². The number of hydrogen-bond donors (Lipinski definition) is 1. The van der Waals surface area contributed by atoms with Crippen LogP contribution >= 0.6 is 11.6 Å². The Labute approximate surface area is 194 Å². The van der Waals surface area contributed by atoms with Crippen molar-refractivity contribution in [3.63, 3.8) is 0 Å². The lowest BCUT2D eigenvalue weighted by atomic mass is 9.94. The quantitative estimate of drug-likeness (QED) is 0.426. The van der Waals surface area contributed by atoms with Gasteiger partial charge in [0.1, 0.15) is 17.5 Å². The van der Waals surface area contributed by atoms with Gasteiger partial charge in [0.05, 0.1) is 11.6 Å². The van der Waals surface area contributed by atoms with E-state index in [9.17, 15) is 23.1 Å². The Balaban J connectivity index is 1.81. The molecule has 1 fully saturated rings. The second kappa shape index (κ2) is 9.45. The highest BCUT2D eigenvalue weighted by atomic mass is 35.5. The van der Waals surface area contributed by atoms with Crippen molar-refractivity contribution in [3.8, 4) is 11.5 Å². The standard InChI is InChI=1S/C25H21ClF3NO3/c26-21-12-11-17(25(27,28)29)15-20(21)23(30-13-5-10-22(30)24(31)32)16-6-4-9-19(14-16)33-18-7-2-1-3-8-18/h1-4,6-9,11-12,14-15,22-23H,5,10,13H2,(H,31,32). The molecule has 4 nitrogen and oxygen atoms in total. The predicted octanol–water partition coefficient (Wildman–Crippen LogP) is 6.79. The van der Waals surface area contributed by atoms with Crippen molar-refractivity contribution in [2.75, 3.05) is 6.54 Å². The van der Waals surface area contributed by atoms with Crippen LogP contribution in [0.3, 0.4) is 0 Å². The van der Waals surface area contributed by atoms with Gasteiger partial charge in [-0.1, -0.05) is 41.9 Å². The van der Waals surface area contributed by atoms with Gasteiger partial charge in [-0.2, -0.15) is 13.2 Å². The molecule has 0 amide bonds. The summed E-state index contributed by atoms with van der Waals surface area (Å²) in [7, 11) is 0. The number of ether oxygens (including phenoxy) is 1. The van der Waals surface area contributed by atoms with Gasteiger partial charge in [0.2, 0.25) is 0 Å². The van der Waals surface area contributed by atoms with Gasteiger partial charge in [-0.05, 0) is 66.4 Å². The van der Waals surface area contributed by atoms with Crippen LogP contribution in [0.2, 0.25) is 5.02 Å². The van der Waals surface area contributed by atoms with E-state index in [4.69, 9.17) is 16.3 Å². The zero-order chi connectivity index (χ0) is 23.6. The summed E-state index contributed by atoms with van der Waals surface area (Å²) in [5, 5.41) is 9.89. The maximum absolute atomic E-state index is 13.5. The van der Waals surface area contributed by atoms with E-state index in [1.165, 1.54) is 6.07 Å². The summed E-state index contributed by atoms with van der Waals surface area (Å²) in [5.74, 6) is 0.0723. The molecule has 0 saturated carbocycles. The van der Waals surface area contributed by atoms with Gasteiger partial charge in [0.15, 0.2) is 0 Å². The lowest BCUT2D eigenvalue weighted by Crippen LogP contribution is -2.39. The number of rotatable bonds is 6. The number of hydrogen-bond acceptors (Lipinski definition) is 3. The molecule has 0 radical (unpaired) electrons. The zero-order valence-electron chi connectivity index (χ0n) is 17.4. The minimum atomic E-state index is -4.56. The summed E-state index contributed by atoms with van der Waals surface area (Å²) in [6.07, 6.45) is -3.54. The topological polar surface area (TPSA) is 49.8 Å². The molecule has 1 aliphatic rings. The molecule has 0 aromatic heterocycles. The van der Waals surface area contributed by atoms with Crippen LogP contribution in [0.5, 0.6) is 11.5 Å². The first-order valence-electron chi connectivity index (χ1n) is 10.4. The second-order valence-electron chi connectivity index (χ2n) is 7.86. The summed E-state index contributed by atoms with van der Waals surface area (Å²) in [6.45, 7) is 0.415. The van der Waals surface area contributed by atoms with E-state index in [0.717, 1.165) is 12.1 Å². The molecule has 1 saturated heterocycles. The van der Waals surface area contributed by atoms with E-state index in [0.29, 0.717) is 36.4 Å². The molecule has 8 heteroatoms. The third-order valence-electron chi connectivity index (χ3n) is 5.68. The average Bonchev–Trinajstić information content (AvgIpc) is 3.25. The van der Waals surface area contributed by atoms with Crippen LogP contribution < -0.4 is 4.74 Å². The number of benzene rings is 3. The molecule has 1 N–H and O–H groups in total. The van der Waals surface area contributed by atoms with E-state index in [1.54, 1.807) is 41.3 Å². The van der Waals surface area contributed by atoms with Gasteiger partial charge < -0.3 is 9.84 Å². The van der Waals surface area contributed by atoms with Crippen molar-refractivity contribution in [2.45, 2.75) is 31.1 Å². The Bertz CT molecular complexity index is 1140. The van der Waals surface area contributed by atoms with Crippen LogP contribution in [0.4, 0.5) is 13.2 Å². The van der Waals surface area contributed by atoms with E-state index in [-0.39, 0.29) is 10.6 Å². The SMILES string of the molecule is O=C(O)C1CCCN1C(c1cccc(Oc2ccccc2)c1)c1cc(C(F)(F)F)ccc1Cl. The first kappa shape index (κ1) is 23.1. The molecule has 3 aromatic rings. The first-order valence-corrected chi connectivity index (χ1v) is 10.8. The van der Waals surface area contributed by atoms with Crippen molar-refractivity contribution < 1.29 is 27.8 Å². The van der Waals surface area contributed by atoms with Crippen LogP contribution in [0, 0.1) is 0 Å². The molecule has 4 rings (SSSR count). The third kappa shape index (κ3) is 5.15. The number of carbonyl (C=O) groups is 1. The van der Waals surface area contributed by atoms with E-state index in [1.807, 2.05) is 18.2 Å². The molecule has 172 valence electrons. The lowest BCUT2D eigenvalue weighted by molar-refractivity contribution is -0.143. The van der Waals surface area contributed by atoms with E-state index < -0.39 is 29.8 Å². The minimum Gasteiger partial charge on any atom is -0.480 e. The molecular formula is C25H21ClF3NO3. The molecular weight excluding hydrogens is 455 g/mol. The largest absolute Gasteiger partial charge is 0.480 e. The van der Waals surface area contributed by atoms with Crippen molar-refractivity contribution in [3.05, 3.63) is 94.5 Å². The average molecular weight is 476 g/mol. The van der Waals surface area contributed by atoms with Crippen LogP contribution in [-0.2, 0) is 11.0 Å². The summed E-state index contributed by atoms with van der Waals surface area (Å²) < 4.78 is 46.4. The number of halogens is 4. The molecule has 0 bridgehead atoms. The molecule has 0 spiro atoms. The molecule has 2 atom stereocenters. The summed E-state index contributed by atoms with van der Waals surface area (Å²) in [4.78, 5) is 13.6. The van der Waals surface area contributed by atoms with Gasteiger partial charge in [-0.25, -0.2) is 0 Å². The van der Waals surface area contributed by atoms with Crippen LogP contribution in [0.15, 0.2) is 72.8 Å². The van der Waals surface area contributed by atoms with Crippen LogP contribution in [-0.4, -0.2) is 28.6 Å². The number of likely N-dealkylation sites (tertiary alicyclic amines) is 1. The van der Waals surface area contributed by atoms with Crippen LogP contribution in [0.25, 0.3) is 0 Å². The number of alkyl halides is 3. The molecule has 1 heterocycles. The fraction of sp³-hybridized carbons (Fsp3) is 0.240. The van der Waals surface area contributed by atoms with Gasteiger partial charge >= 0.3 is 12.1 Å². The molecule has 0 aliphatic carbocycles. The molecule has 1 aliphatic heterocycles. The Kier molecular flexibility index (Phi) is 6.63. The Morgan fingerprint density at radius 2 is 1.76 bits per heavy atom. The monoisotopic (exact) mass is 475 g/mol. The summed E-state index contributed by atoms with van der Waals surface area (Å²) >= 11 is 6.39. The maximum atomic E-state index is 13.5. The lowest BCUT2D eigenvalue weighted by Gasteiger charge is -2.33. The molecule has 3 aromatic carbocycles. The van der Waals surface area contributed by atoms with Gasteiger partial charge in [0.25, 0.3) is 0 Å². The second-order valence-corrected chi connectivity index (χ2v) is 8.27.